The van der Waals surface area contributed by atoms with Crippen molar-refractivity contribution in [2.24, 2.45) is 0 Å². The van der Waals surface area contributed by atoms with Crippen LogP contribution in [0, 0.1) is 0 Å². The second-order valence-corrected chi connectivity index (χ2v) is 4.84. The van der Waals surface area contributed by atoms with Crippen LogP contribution in [0.15, 0.2) is 27.1 Å². The molecule has 110 valence electrons. The third-order valence-electron chi connectivity index (χ3n) is 2.45. The fraction of sp³-hybridized carbons (Fsp3) is 0.300. The number of halogens is 3. The lowest BCUT2D eigenvalue weighted by Crippen LogP contribution is -2.10. The average molecular weight is 316 g/mol. The molecule has 0 spiro atoms. The second kappa shape index (κ2) is 4.98. The number of nitrogens with zero attached hydrogens (tertiary/aromatic N) is 6. The molecule has 21 heavy (non-hydrogen) atoms. The third-order valence-corrected chi connectivity index (χ3v) is 3.29. The predicted molar refractivity (Wildman–Crippen MR) is 63.6 cm³/mol. The van der Waals surface area contributed by atoms with Crippen LogP contribution in [-0.2, 0) is 12.6 Å². The summed E-state index contributed by atoms with van der Waals surface area (Å²) in [7, 11) is 0. The molecular weight excluding hydrogens is 309 g/mol. The fourth-order valence-electron chi connectivity index (χ4n) is 1.51. The quantitative estimate of drug-likeness (QED) is 0.685. The third kappa shape index (κ3) is 2.68. The standard InChI is InChI=1S/C10H7F3N6OS/c1-2-6-17-18-9(20-6)21-7-3-5(10(11,12)13)16-8-14-4-15-19(7)8/h3-4H,2H2,1H3. The molecule has 11 heteroatoms. The van der Waals surface area contributed by atoms with E-state index < -0.39 is 11.9 Å². The number of hydrogen-bond acceptors (Lipinski definition) is 7. The number of aromatic nitrogens is 6. The normalized spacial score (nSPS) is 12.2. The summed E-state index contributed by atoms with van der Waals surface area (Å²) in [6.45, 7) is 1.83. The molecule has 0 bridgehead atoms. The lowest BCUT2D eigenvalue weighted by atomic mass is 10.4. The van der Waals surface area contributed by atoms with Crippen LogP contribution in [-0.4, -0.2) is 29.8 Å². The van der Waals surface area contributed by atoms with Crippen LogP contribution in [0.4, 0.5) is 13.2 Å². The molecule has 0 fully saturated rings. The van der Waals surface area contributed by atoms with Crippen molar-refractivity contribution in [2.45, 2.75) is 29.8 Å². The van der Waals surface area contributed by atoms with Crippen LogP contribution >= 0.6 is 11.8 Å². The topological polar surface area (TPSA) is 82.0 Å². The molecule has 0 unspecified atom stereocenters. The van der Waals surface area contributed by atoms with E-state index in [1.54, 1.807) is 0 Å². The van der Waals surface area contributed by atoms with Crippen LogP contribution in [0.5, 0.6) is 0 Å². The first-order valence-electron chi connectivity index (χ1n) is 5.75. The molecular formula is C10H7F3N6OS. The molecule has 0 saturated carbocycles. The van der Waals surface area contributed by atoms with Gasteiger partial charge < -0.3 is 4.42 Å². The maximum Gasteiger partial charge on any atom is 0.433 e. The highest BCUT2D eigenvalue weighted by atomic mass is 32.2. The maximum absolute atomic E-state index is 12.8. The van der Waals surface area contributed by atoms with E-state index in [1.165, 1.54) is 4.52 Å². The molecule has 0 N–H and O–H groups in total. The van der Waals surface area contributed by atoms with Crippen molar-refractivity contribution in [1.82, 2.24) is 29.8 Å². The molecule has 3 heterocycles. The summed E-state index contributed by atoms with van der Waals surface area (Å²) in [6, 6.07) is 0.863. The maximum atomic E-state index is 12.8. The number of alkyl halides is 3. The molecule has 0 aliphatic rings. The average Bonchev–Trinajstić information content (AvgIpc) is 3.05. The van der Waals surface area contributed by atoms with Gasteiger partial charge in [-0.1, -0.05) is 6.92 Å². The molecule has 0 amide bonds. The lowest BCUT2D eigenvalue weighted by molar-refractivity contribution is -0.141. The Balaban J connectivity index is 2.05. The summed E-state index contributed by atoms with van der Waals surface area (Å²) in [5, 5.41) is 11.6. The van der Waals surface area contributed by atoms with Gasteiger partial charge in [-0.05, 0) is 11.8 Å². The van der Waals surface area contributed by atoms with Gasteiger partial charge in [-0.2, -0.15) is 27.8 Å². The van der Waals surface area contributed by atoms with E-state index in [1.807, 2.05) is 6.92 Å². The molecule has 3 aromatic heterocycles. The zero-order chi connectivity index (χ0) is 15.0. The Hall–Kier alpha value is -2.17. The first-order chi connectivity index (χ1) is 9.97. The van der Waals surface area contributed by atoms with Gasteiger partial charge in [-0.3, -0.25) is 0 Å². The van der Waals surface area contributed by atoms with Crippen molar-refractivity contribution in [3.8, 4) is 0 Å². The molecule has 0 aliphatic heterocycles. The highest BCUT2D eigenvalue weighted by Crippen LogP contribution is 2.33. The predicted octanol–water partition coefficient (Wildman–Crippen LogP) is 2.24. The Morgan fingerprint density at radius 1 is 1.33 bits per heavy atom. The van der Waals surface area contributed by atoms with Gasteiger partial charge in [0.05, 0.1) is 0 Å². The number of aryl methyl sites for hydroxylation is 1. The highest BCUT2D eigenvalue weighted by molar-refractivity contribution is 7.99. The Labute approximate surface area is 119 Å². The van der Waals surface area contributed by atoms with Crippen molar-refractivity contribution < 1.29 is 17.6 Å². The summed E-state index contributed by atoms with van der Waals surface area (Å²) < 4.78 is 44.9. The van der Waals surface area contributed by atoms with Crippen LogP contribution in [0.3, 0.4) is 0 Å². The summed E-state index contributed by atoms with van der Waals surface area (Å²) in [6.07, 6.45) is -2.92. The summed E-state index contributed by atoms with van der Waals surface area (Å²) in [5.41, 5.74) is -1.05. The second-order valence-electron chi connectivity index (χ2n) is 3.87. The molecule has 0 radical (unpaired) electrons. The minimum Gasteiger partial charge on any atom is -0.416 e. The first-order valence-corrected chi connectivity index (χ1v) is 6.57. The van der Waals surface area contributed by atoms with Crippen LogP contribution < -0.4 is 0 Å². The highest BCUT2D eigenvalue weighted by Gasteiger charge is 2.34. The Bertz CT molecular complexity index is 783. The van der Waals surface area contributed by atoms with Gasteiger partial charge in [-0.15, -0.1) is 10.2 Å². The monoisotopic (exact) mass is 316 g/mol. The van der Waals surface area contributed by atoms with Crippen molar-refractivity contribution in [3.05, 3.63) is 24.0 Å². The van der Waals surface area contributed by atoms with Crippen LogP contribution in [0.1, 0.15) is 18.5 Å². The van der Waals surface area contributed by atoms with Gasteiger partial charge >= 0.3 is 6.18 Å². The zero-order valence-corrected chi connectivity index (χ0v) is 11.3. The Morgan fingerprint density at radius 3 is 2.81 bits per heavy atom. The van der Waals surface area contributed by atoms with E-state index in [0.717, 1.165) is 24.2 Å². The van der Waals surface area contributed by atoms with Gasteiger partial charge in [0.1, 0.15) is 11.4 Å². The number of fused-ring (bicyclic) bond motifs is 1. The Morgan fingerprint density at radius 2 is 2.14 bits per heavy atom. The lowest BCUT2D eigenvalue weighted by Gasteiger charge is -2.07. The fourth-order valence-corrected chi connectivity index (χ4v) is 2.30. The van der Waals surface area contributed by atoms with Gasteiger partial charge in [-0.25, -0.2) is 4.98 Å². The molecule has 0 aromatic carbocycles. The van der Waals surface area contributed by atoms with Gasteiger partial charge in [0.2, 0.25) is 5.89 Å². The van der Waals surface area contributed by atoms with E-state index in [2.05, 4.69) is 25.3 Å². The smallest absolute Gasteiger partial charge is 0.416 e. The molecule has 0 atom stereocenters. The van der Waals surface area contributed by atoms with E-state index in [9.17, 15) is 13.2 Å². The van der Waals surface area contributed by atoms with Crippen LogP contribution in [0.25, 0.3) is 5.78 Å². The molecule has 7 nitrogen and oxygen atoms in total. The van der Waals surface area contributed by atoms with Crippen molar-refractivity contribution in [1.29, 1.82) is 0 Å². The molecule has 3 rings (SSSR count). The number of rotatable bonds is 3. The van der Waals surface area contributed by atoms with E-state index >= 15 is 0 Å². The minimum atomic E-state index is -4.58. The van der Waals surface area contributed by atoms with Crippen molar-refractivity contribution in [2.75, 3.05) is 0 Å². The first kappa shape index (κ1) is 13.8. The van der Waals surface area contributed by atoms with Crippen molar-refractivity contribution >= 4 is 17.5 Å². The molecule has 0 aliphatic carbocycles. The SMILES string of the molecule is CCc1nnc(Sc2cc(C(F)(F)F)nc3ncnn23)o1. The summed E-state index contributed by atoms with van der Waals surface area (Å²) in [5.74, 6) is 0.250. The summed E-state index contributed by atoms with van der Waals surface area (Å²) >= 11 is 0.868. The van der Waals surface area contributed by atoms with Gasteiger partial charge in [0.25, 0.3) is 11.0 Å². The van der Waals surface area contributed by atoms with Crippen molar-refractivity contribution in [3.63, 3.8) is 0 Å². The zero-order valence-electron chi connectivity index (χ0n) is 10.5. The van der Waals surface area contributed by atoms with E-state index in [0.29, 0.717) is 12.3 Å². The van der Waals surface area contributed by atoms with E-state index in [-0.39, 0.29) is 16.0 Å². The molecule has 0 saturated heterocycles. The van der Waals surface area contributed by atoms with E-state index in [4.69, 9.17) is 4.42 Å². The van der Waals surface area contributed by atoms with Crippen LogP contribution in [0.2, 0.25) is 0 Å². The molecule has 3 aromatic rings. The largest absolute Gasteiger partial charge is 0.433 e. The Kier molecular flexibility index (Phi) is 3.27. The summed E-state index contributed by atoms with van der Waals surface area (Å²) in [4.78, 5) is 7.09. The van der Waals surface area contributed by atoms with Gasteiger partial charge in [0.15, 0.2) is 5.69 Å². The van der Waals surface area contributed by atoms with Gasteiger partial charge in [0, 0.05) is 12.5 Å². The number of hydrogen-bond donors (Lipinski definition) is 0. The minimum absolute atomic E-state index is 0.128.